The SMILES string of the molecule is O=C(O)CC1Oc2ccc(F)cc2N(Cc2nc3c(F)cccc3s2)C1=O. The number of aliphatic carboxylic acids is 1. The Labute approximate surface area is 155 Å². The van der Waals surface area contributed by atoms with E-state index in [1.54, 1.807) is 12.1 Å². The average Bonchev–Trinajstić information content (AvgIpc) is 3.03. The molecule has 0 aliphatic carbocycles. The third-order valence-corrected chi connectivity index (χ3v) is 5.10. The Bertz CT molecular complexity index is 1070. The number of fused-ring (bicyclic) bond motifs is 2. The zero-order valence-electron chi connectivity index (χ0n) is 13.7. The fraction of sp³-hybridized carbons (Fsp3) is 0.167. The first-order chi connectivity index (χ1) is 12.9. The molecule has 0 saturated heterocycles. The minimum atomic E-state index is -1.23. The summed E-state index contributed by atoms with van der Waals surface area (Å²) in [4.78, 5) is 29.2. The second kappa shape index (κ2) is 6.58. The van der Waals surface area contributed by atoms with Crippen molar-refractivity contribution in [2.24, 2.45) is 0 Å². The number of carboxylic acid groups (broad SMARTS) is 1. The van der Waals surface area contributed by atoms with Gasteiger partial charge in [-0.05, 0) is 24.3 Å². The molecule has 1 amide bonds. The molecule has 1 aromatic heterocycles. The molecule has 2 aromatic carbocycles. The first-order valence-electron chi connectivity index (χ1n) is 7.95. The smallest absolute Gasteiger partial charge is 0.307 e. The second-order valence-corrected chi connectivity index (χ2v) is 7.05. The number of rotatable bonds is 4. The normalized spacial score (nSPS) is 16.3. The Kier molecular flexibility index (Phi) is 4.23. The summed E-state index contributed by atoms with van der Waals surface area (Å²) in [5.41, 5.74) is 0.376. The summed E-state index contributed by atoms with van der Waals surface area (Å²) in [7, 11) is 0. The van der Waals surface area contributed by atoms with Gasteiger partial charge in [-0.25, -0.2) is 13.8 Å². The molecule has 1 aliphatic heterocycles. The zero-order chi connectivity index (χ0) is 19.1. The number of ether oxygens (including phenoxy) is 1. The van der Waals surface area contributed by atoms with E-state index in [4.69, 9.17) is 9.84 Å². The van der Waals surface area contributed by atoms with Crippen LogP contribution in [-0.4, -0.2) is 28.1 Å². The Morgan fingerprint density at radius 2 is 2.11 bits per heavy atom. The number of amides is 1. The highest BCUT2D eigenvalue weighted by atomic mass is 32.1. The van der Waals surface area contributed by atoms with Crippen LogP contribution in [0, 0.1) is 11.6 Å². The lowest BCUT2D eigenvalue weighted by atomic mass is 10.1. The summed E-state index contributed by atoms with van der Waals surface area (Å²) < 4.78 is 33.7. The number of carbonyl (C=O) groups excluding carboxylic acids is 1. The largest absolute Gasteiger partial charge is 0.481 e. The summed E-state index contributed by atoms with van der Waals surface area (Å²) in [5, 5.41) is 9.45. The van der Waals surface area contributed by atoms with Gasteiger partial charge >= 0.3 is 5.97 Å². The number of nitrogens with zero attached hydrogens (tertiary/aromatic N) is 2. The van der Waals surface area contributed by atoms with Gasteiger partial charge in [-0.15, -0.1) is 11.3 Å². The fourth-order valence-corrected chi connectivity index (χ4v) is 3.88. The van der Waals surface area contributed by atoms with Crippen LogP contribution in [0.25, 0.3) is 10.2 Å². The van der Waals surface area contributed by atoms with Gasteiger partial charge in [-0.1, -0.05) is 6.07 Å². The maximum Gasteiger partial charge on any atom is 0.307 e. The summed E-state index contributed by atoms with van der Waals surface area (Å²) in [6.45, 7) is -0.0481. The molecule has 1 N–H and O–H groups in total. The Morgan fingerprint density at radius 3 is 2.85 bits per heavy atom. The number of halogens is 2. The monoisotopic (exact) mass is 390 g/mol. The van der Waals surface area contributed by atoms with Gasteiger partial charge in [0.05, 0.1) is 23.4 Å². The van der Waals surface area contributed by atoms with Crippen molar-refractivity contribution in [2.45, 2.75) is 19.1 Å². The Balaban J connectivity index is 1.74. The molecule has 0 saturated carbocycles. The maximum atomic E-state index is 13.9. The number of hydrogen-bond acceptors (Lipinski definition) is 5. The summed E-state index contributed by atoms with van der Waals surface area (Å²) in [6.07, 6.45) is -1.76. The van der Waals surface area contributed by atoms with Crippen LogP contribution < -0.4 is 9.64 Å². The van der Waals surface area contributed by atoms with E-state index in [1.165, 1.54) is 28.4 Å². The minimum absolute atomic E-state index is 0.0481. The first-order valence-corrected chi connectivity index (χ1v) is 8.77. The Morgan fingerprint density at radius 1 is 1.30 bits per heavy atom. The van der Waals surface area contributed by atoms with Crippen LogP contribution in [0.4, 0.5) is 14.5 Å². The number of anilines is 1. The minimum Gasteiger partial charge on any atom is -0.481 e. The van der Waals surface area contributed by atoms with Gasteiger partial charge in [0, 0.05) is 6.07 Å². The van der Waals surface area contributed by atoms with Gasteiger partial charge < -0.3 is 9.84 Å². The molecule has 9 heteroatoms. The number of carboxylic acids is 1. The van der Waals surface area contributed by atoms with Crippen LogP contribution in [0.2, 0.25) is 0 Å². The van der Waals surface area contributed by atoms with Gasteiger partial charge in [-0.2, -0.15) is 0 Å². The van der Waals surface area contributed by atoms with Crippen LogP contribution >= 0.6 is 11.3 Å². The van der Waals surface area contributed by atoms with Crippen molar-refractivity contribution in [1.29, 1.82) is 0 Å². The molecule has 138 valence electrons. The molecule has 0 radical (unpaired) electrons. The number of aromatic nitrogens is 1. The van der Waals surface area contributed by atoms with Crippen molar-refractivity contribution in [3.63, 3.8) is 0 Å². The highest BCUT2D eigenvalue weighted by molar-refractivity contribution is 7.18. The van der Waals surface area contributed by atoms with Crippen molar-refractivity contribution >= 4 is 39.1 Å². The van der Waals surface area contributed by atoms with Crippen molar-refractivity contribution < 1.29 is 28.2 Å². The van der Waals surface area contributed by atoms with Crippen LogP contribution in [-0.2, 0) is 16.1 Å². The number of benzene rings is 2. The second-order valence-electron chi connectivity index (χ2n) is 5.93. The van der Waals surface area contributed by atoms with E-state index in [0.29, 0.717) is 9.71 Å². The van der Waals surface area contributed by atoms with Crippen LogP contribution in [0.1, 0.15) is 11.4 Å². The molecule has 6 nitrogen and oxygen atoms in total. The van der Waals surface area contributed by atoms with Crippen molar-refractivity contribution in [2.75, 3.05) is 4.90 Å². The van der Waals surface area contributed by atoms with E-state index < -0.39 is 36.0 Å². The third kappa shape index (κ3) is 3.21. The highest BCUT2D eigenvalue weighted by Gasteiger charge is 2.36. The molecule has 1 aliphatic rings. The predicted molar refractivity (Wildman–Crippen MR) is 93.8 cm³/mol. The van der Waals surface area contributed by atoms with Crippen LogP contribution in [0.5, 0.6) is 5.75 Å². The highest BCUT2D eigenvalue weighted by Crippen LogP contribution is 2.37. The first kappa shape index (κ1) is 17.3. The maximum absolute atomic E-state index is 13.9. The van der Waals surface area contributed by atoms with E-state index >= 15 is 0 Å². The van der Waals surface area contributed by atoms with E-state index in [9.17, 15) is 18.4 Å². The van der Waals surface area contributed by atoms with Gasteiger partial charge in [0.1, 0.15) is 27.9 Å². The third-order valence-electron chi connectivity index (χ3n) is 4.09. The summed E-state index contributed by atoms with van der Waals surface area (Å²) >= 11 is 1.21. The number of para-hydroxylation sites is 1. The quantitative estimate of drug-likeness (QED) is 0.739. The molecule has 2 heterocycles. The molecule has 27 heavy (non-hydrogen) atoms. The molecule has 0 fully saturated rings. The van der Waals surface area contributed by atoms with Crippen LogP contribution in [0.15, 0.2) is 36.4 Å². The van der Waals surface area contributed by atoms with Gasteiger partial charge in [0.2, 0.25) is 0 Å². The number of carbonyl (C=O) groups is 2. The zero-order valence-corrected chi connectivity index (χ0v) is 14.5. The van der Waals surface area contributed by atoms with Crippen LogP contribution in [0.3, 0.4) is 0 Å². The van der Waals surface area contributed by atoms with Gasteiger partial charge in [-0.3, -0.25) is 14.5 Å². The van der Waals surface area contributed by atoms with E-state index in [1.807, 2.05) is 0 Å². The van der Waals surface area contributed by atoms with Crippen molar-refractivity contribution in [3.8, 4) is 5.75 Å². The van der Waals surface area contributed by atoms with E-state index in [-0.39, 0.29) is 23.5 Å². The fourth-order valence-electron chi connectivity index (χ4n) is 2.91. The standard InChI is InChI=1S/C18H12F2N2O4S/c19-9-4-5-12-11(6-9)22(18(25)13(26-12)7-16(23)24)8-15-21-17-10(20)2-1-3-14(17)27-15/h1-6,13H,7-8H2,(H,23,24). The molecule has 0 bridgehead atoms. The number of hydrogen-bond donors (Lipinski definition) is 1. The molecule has 1 atom stereocenters. The number of thiazole rings is 1. The summed E-state index contributed by atoms with van der Waals surface area (Å²) in [5.74, 6) is -2.65. The van der Waals surface area contributed by atoms with E-state index in [2.05, 4.69) is 4.98 Å². The molecular weight excluding hydrogens is 378 g/mol. The lowest BCUT2D eigenvalue weighted by Crippen LogP contribution is -2.46. The van der Waals surface area contributed by atoms with E-state index in [0.717, 1.165) is 12.1 Å². The molecule has 1 unspecified atom stereocenters. The topological polar surface area (TPSA) is 79.7 Å². The summed E-state index contributed by atoms with van der Waals surface area (Å²) in [6, 6.07) is 8.21. The lowest BCUT2D eigenvalue weighted by molar-refractivity contribution is -0.142. The molecule has 0 spiro atoms. The van der Waals surface area contributed by atoms with Gasteiger partial charge in [0.25, 0.3) is 5.91 Å². The van der Waals surface area contributed by atoms with Gasteiger partial charge in [0.15, 0.2) is 6.10 Å². The lowest BCUT2D eigenvalue weighted by Gasteiger charge is -2.33. The van der Waals surface area contributed by atoms with Crippen molar-refractivity contribution in [3.05, 3.63) is 53.0 Å². The molecule has 4 rings (SSSR count). The predicted octanol–water partition coefficient (Wildman–Crippen LogP) is 3.34. The Hall–Kier alpha value is -3.07. The average molecular weight is 390 g/mol. The van der Waals surface area contributed by atoms with Crippen molar-refractivity contribution in [1.82, 2.24) is 4.98 Å². The molecule has 3 aromatic rings. The molecular formula is C18H12F2N2O4S.